The molecule has 0 radical (unpaired) electrons. The molecule has 2 atom stereocenters. The van der Waals surface area contributed by atoms with Gasteiger partial charge in [0.25, 0.3) is 0 Å². The van der Waals surface area contributed by atoms with E-state index in [-0.39, 0.29) is 0 Å². The quantitative estimate of drug-likeness (QED) is 0.821. The van der Waals surface area contributed by atoms with Crippen LogP contribution in [0.1, 0.15) is 51.2 Å². The van der Waals surface area contributed by atoms with Crippen molar-refractivity contribution in [2.24, 2.45) is 10.8 Å². The second-order valence-corrected chi connectivity index (χ2v) is 8.70. The van der Waals surface area contributed by atoms with Crippen LogP contribution in [0.25, 0.3) is 0 Å². The summed E-state index contributed by atoms with van der Waals surface area (Å²) < 4.78 is 11.1. The highest BCUT2D eigenvalue weighted by Crippen LogP contribution is 2.53. The summed E-state index contributed by atoms with van der Waals surface area (Å²) in [5.74, 6) is 1.88. The fraction of sp³-hybridized carbons (Fsp3) is 0.700. The number of methoxy groups -OCH3 is 2. The van der Waals surface area contributed by atoms with Gasteiger partial charge in [-0.3, -0.25) is 4.90 Å². The Morgan fingerprint density at radius 3 is 2.52 bits per heavy atom. The molecule has 2 bridgehead atoms. The Morgan fingerprint density at radius 2 is 1.87 bits per heavy atom. The summed E-state index contributed by atoms with van der Waals surface area (Å²) in [7, 11) is 3.48. The maximum Gasteiger partial charge on any atom is 0.129 e. The first-order valence-electron chi connectivity index (χ1n) is 8.71. The van der Waals surface area contributed by atoms with Crippen molar-refractivity contribution in [3.8, 4) is 11.5 Å². The van der Waals surface area contributed by atoms with Crippen molar-refractivity contribution in [2.75, 3.05) is 20.8 Å². The summed E-state index contributed by atoms with van der Waals surface area (Å²) in [6.45, 7) is 11.6. The van der Waals surface area contributed by atoms with E-state index in [1.807, 2.05) is 0 Å². The molecule has 0 N–H and O–H groups in total. The van der Waals surface area contributed by atoms with Gasteiger partial charge in [0.2, 0.25) is 0 Å². The predicted molar refractivity (Wildman–Crippen MR) is 94.2 cm³/mol. The molecule has 1 saturated heterocycles. The van der Waals surface area contributed by atoms with E-state index in [1.54, 1.807) is 14.2 Å². The number of ether oxygens (including phenoxy) is 2. The van der Waals surface area contributed by atoms with E-state index in [4.69, 9.17) is 9.47 Å². The number of likely N-dealkylation sites (tertiary alicyclic amines) is 1. The van der Waals surface area contributed by atoms with Crippen molar-refractivity contribution in [2.45, 2.75) is 59.5 Å². The molecule has 1 aliphatic heterocycles. The highest BCUT2D eigenvalue weighted by molar-refractivity contribution is 5.49. The number of benzene rings is 1. The van der Waals surface area contributed by atoms with Crippen LogP contribution in [-0.2, 0) is 6.54 Å². The fourth-order valence-corrected chi connectivity index (χ4v) is 5.34. The van der Waals surface area contributed by atoms with Gasteiger partial charge in [0.1, 0.15) is 11.5 Å². The van der Waals surface area contributed by atoms with Crippen molar-refractivity contribution < 1.29 is 9.47 Å². The third-order valence-electron chi connectivity index (χ3n) is 5.76. The van der Waals surface area contributed by atoms with E-state index < -0.39 is 0 Å². The molecule has 1 aromatic rings. The topological polar surface area (TPSA) is 21.7 Å². The average molecular weight is 317 g/mol. The zero-order valence-corrected chi connectivity index (χ0v) is 15.5. The van der Waals surface area contributed by atoms with Gasteiger partial charge in [-0.15, -0.1) is 0 Å². The first-order valence-corrected chi connectivity index (χ1v) is 8.71. The van der Waals surface area contributed by atoms with Gasteiger partial charge in [-0.05, 0) is 43.1 Å². The Labute approximate surface area is 141 Å². The van der Waals surface area contributed by atoms with Crippen LogP contribution in [0.4, 0.5) is 0 Å². The fourth-order valence-electron chi connectivity index (χ4n) is 5.34. The van der Waals surface area contributed by atoms with Crippen LogP contribution >= 0.6 is 0 Å². The minimum atomic E-state index is 0.465. The van der Waals surface area contributed by atoms with E-state index in [0.717, 1.165) is 23.6 Å². The maximum atomic E-state index is 5.70. The van der Waals surface area contributed by atoms with Crippen molar-refractivity contribution in [3.05, 3.63) is 23.3 Å². The number of rotatable bonds is 4. The van der Waals surface area contributed by atoms with Crippen LogP contribution in [0.2, 0.25) is 0 Å². The summed E-state index contributed by atoms with van der Waals surface area (Å²) in [5, 5.41) is 0. The first-order chi connectivity index (χ1) is 10.8. The molecule has 1 saturated carbocycles. The summed E-state index contributed by atoms with van der Waals surface area (Å²) >= 11 is 0. The molecule has 0 spiro atoms. The molecule has 23 heavy (non-hydrogen) atoms. The van der Waals surface area contributed by atoms with E-state index in [9.17, 15) is 0 Å². The van der Waals surface area contributed by atoms with Crippen LogP contribution in [0.15, 0.2) is 12.1 Å². The second kappa shape index (κ2) is 5.70. The molecule has 2 aliphatic rings. The van der Waals surface area contributed by atoms with Crippen molar-refractivity contribution in [1.82, 2.24) is 4.90 Å². The van der Waals surface area contributed by atoms with E-state index in [2.05, 4.69) is 44.7 Å². The van der Waals surface area contributed by atoms with Gasteiger partial charge in [-0.2, -0.15) is 0 Å². The van der Waals surface area contributed by atoms with Crippen LogP contribution in [0.3, 0.4) is 0 Å². The van der Waals surface area contributed by atoms with Gasteiger partial charge in [0.05, 0.1) is 14.2 Å². The molecule has 128 valence electrons. The predicted octanol–water partition coefficient (Wildman–Crippen LogP) is 4.41. The monoisotopic (exact) mass is 317 g/mol. The average Bonchev–Trinajstić information content (AvgIpc) is 2.68. The van der Waals surface area contributed by atoms with Crippen LogP contribution < -0.4 is 9.47 Å². The first kappa shape index (κ1) is 16.6. The SMILES string of the molecule is COc1ccc(CN2C[C@@]3(C)C[C@@H]2CC(C)(C)C3)c(OC)c1C. The largest absolute Gasteiger partial charge is 0.496 e. The lowest BCUT2D eigenvalue weighted by molar-refractivity contribution is 0.126. The van der Waals surface area contributed by atoms with E-state index in [0.29, 0.717) is 16.9 Å². The van der Waals surface area contributed by atoms with Crippen LogP contribution in [0.5, 0.6) is 11.5 Å². The minimum Gasteiger partial charge on any atom is -0.496 e. The van der Waals surface area contributed by atoms with Crippen LogP contribution in [-0.4, -0.2) is 31.7 Å². The van der Waals surface area contributed by atoms with Gasteiger partial charge in [0, 0.05) is 30.3 Å². The van der Waals surface area contributed by atoms with Gasteiger partial charge in [0.15, 0.2) is 0 Å². The number of hydrogen-bond acceptors (Lipinski definition) is 3. The normalized spacial score (nSPS) is 29.6. The Balaban J connectivity index is 1.85. The van der Waals surface area contributed by atoms with Crippen LogP contribution in [0, 0.1) is 17.8 Å². The molecule has 0 amide bonds. The molecule has 1 heterocycles. The van der Waals surface area contributed by atoms with E-state index >= 15 is 0 Å². The standard InChI is InChI=1S/C20H31NO2/c1-14-17(22-5)8-7-15(18(14)23-6)11-21-13-20(4)10-16(21)9-19(2,3)12-20/h7-8,16H,9-13H2,1-6H3/t16-,20-/m0/s1. The van der Waals surface area contributed by atoms with Gasteiger partial charge >= 0.3 is 0 Å². The van der Waals surface area contributed by atoms with Crippen molar-refractivity contribution in [3.63, 3.8) is 0 Å². The maximum absolute atomic E-state index is 5.70. The molecule has 1 aliphatic carbocycles. The molecule has 2 fully saturated rings. The highest BCUT2D eigenvalue weighted by Gasteiger charge is 2.49. The molecule has 0 aromatic heterocycles. The summed E-state index contributed by atoms with van der Waals surface area (Å²) in [6, 6.07) is 4.94. The number of hydrogen-bond donors (Lipinski definition) is 0. The lowest BCUT2D eigenvalue weighted by Crippen LogP contribution is -2.34. The molecular weight excluding hydrogens is 286 g/mol. The summed E-state index contributed by atoms with van der Waals surface area (Å²) in [6.07, 6.45) is 3.99. The number of fused-ring (bicyclic) bond motifs is 2. The molecule has 3 heteroatoms. The zero-order chi connectivity index (χ0) is 16.8. The van der Waals surface area contributed by atoms with Crippen molar-refractivity contribution >= 4 is 0 Å². The summed E-state index contributed by atoms with van der Waals surface area (Å²) in [4.78, 5) is 2.68. The number of nitrogens with zero attached hydrogens (tertiary/aromatic N) is 1. The zero-order valence-electron chi connectivity index (χ0n) is 15.5. The Hall–Kier alpha value is -1.22. The molecule has 1 aromatic carbocycles. The lowest BCUT2D eigenvalue weighted by atomic mass is 9.65. The minimum absolute atomic E-state index is 0.465. The smallest absolute Gasteiger partial charge is 0.129 e. The molecule has 0 unspecified atom stereocenters. The van der Waals surface area contributed by atoms with Crippen molar-refractivity contribution in [1.29, 1.82) is 0 Å². The van der Waals surface area contributed by atoms with Gasteiger partial charge in [-0.1, -0.05) is 26.8 Å². The van der Waals surface area contributed by atoms with Gasteiger partial charge in [-0.25, -0.2) is 0 Å². The third kappa shape index (κ3) is 3.08. The third-order valence-corrected chi connectivity index (χ3v) is 5.76. The lowest BCUT2D eigenvalue weighted by Gasteiger charge is -2.40. The molecule has 3 rings (SSSR count). The Bertz CT molecular complexity index is 596. The summed E-state index contributed by atoms with van der Waals surface area (Å²) in [5.41, 5.74) is 3.31. The van der Waals surface area contributed by atoms with Gasteiger partial charge < -0.3 is 9.47 Å². The second-order valence-electron chi connectivity index (χ2n) is 8.70. The Morgan fingerprint density at radius 1 is 1.13 bits per heavy atom. The molecule has 3 nitrogen and oxygen atoms in total. The van der Waals surface area contributed by atoms with E-state index in [1.165, 1.54) is 31.4 Å². The highest BCUT2D eigenvalue weighted by atomic mass is 16.5. The molecular formula is C20H31NO2. The Kier molecular flexibility index (Phi) is 4.12.